The number of nitrogen functional groups attached to an aromatic ring is 1. The number of anilines is 2. The number of benzene rings is 1. The quantitative estimate of drug-likeness (QED) is 0.640. The normalized spacial score (nSPS) is 10.7. The van der Waals surface area contributed by atoms with Gasteiger partial charge in [-0.1, -0.05) is 6.07 Å². The van der Waals surface area contributed by atoms with E-state index in [-0.39, 0.29) is 0 Å². The largest absolute Gasteiger partial charge is 0.399 e. The summed E-state index contributed by atoms with van der Waals surface area (Å²) in [6.07, 6.45) is 1.04. The maximum absolute atomic E-state index is 5.79. The van der Waals surface area contributed by atoms with Gasteiger partial charge in [0.05, 0.1) is 5.69 Å². The van der Waals surface area contributed by atoms with Gasteiger partial charge in [0.15, 0.2) is 0 Å². The Bertz CT molecular complexity index is 557. The van der Waals surface area contributed by atoms with E-state index >= 15 is 0 Å². The molecule has 19 heavy (non-hydrogen) atoms. The van der Waals surface area contributed by atoms with Gasteiger partial charge < -0.3 is 11.1 Å². The van der Waals surface area contributed by atoms with E-state index in [0.717, 1.165) is 36.6 Å². The second-order valence-corrected chi connectivity index (χ2v) is 5.00. The van der Waals surface area contributed by atoms with Crippen LogP contribution in [0.3, 0.4) is 0 Å². The van der Waals surface area contributed by atoms with E-state index in [1.54, 1.807) is 0 Å². The van der Waals surface area contributed by atoms with Crippen molar-refractivity contribution in [2.24, 2.45) is 0 Å². The summed E-state index contributed by atoms with van der Waals surface area (Å²) < 4.78 is 2.06. The Hall–Kier alpha value is -1.97. The van der Waals surface area contributed by atoms with E-state index in [1.165, 1.54) is 11.3 Å². The van der Waals surface area contributed by atoms with Crippen molar-refractivity contribution in [3.05, 3.63) is 41.2 Å². The minimum Gasteiger partial charge on any atom is -0.399 e. The molecule has 0 atom stereocenters. The number of hydrogen-bond acceptors (Lipinski definition) is 3. The van der Waals surface area contributed by atoms with Crippen molar-refractivity contribution >= 4 is 11.4 Å². The molecule has 1 aromatic carbocycles. The summed E-state index contributed by atoms with van der Waals surface area (Å²) in [4.78, 5) is 0. The van der Waals surface area contributed by atoms with Gasteiger partial charge in [0, 0.05) is 30.2 Å². The molecule has 0 saturated carbocycles. The van der Waals surface area contributed by atoms with E-state index < -0.39 is 0 Å². The number of rotatable bonds is 5. The van der Waals surface area contributed by atoms with Crippen molar-refractivity contribution in [1.82, 2.24) is 9.78 Å². The smallest absolute Gasteiger partial charge is 0.0596 e. The first kappa shape index (κ1) is 13.5. The van der Waals surface area contributed by atoms with Crippen LogP contribution < -0.4 is 11.1 Å². The lowest BCUT2D eigenvalue weighted by Crippen LogP contribution is -2.09. The van der Waals surface area contributed by atoms with E-state index in [0.29, 0.717) is 0 Å². The highest BCUT2D eigenvalue weighted by atomic mass is 15.3. The molecular formula is C15H22N4. The van der Waals surface area contributed by atoms with Crippen molar-refractivity contribution in [3.8, 4) is 0 Å². The summed E-state index contributed by atoms with van der Waals surface area (Å²) in [6, 6.07) is 8.06. The summed E-state index contributed by atoms with van der Waals surface area (Å²) in [7, 11) is 0. The minimum absolute atomic E-state index is 0.798. The topological polar surface area (TPSA) is 55.9 Å². The SMILES string of the molecule is Cc1cc(C)n(CCCNc2cc(N)ccc2C)n1. The highest BCUT2D eigenvalue weighted by Gasteiger charge is 2.01. The Kier molecular flexibility index (Phi) is 4.10. The van der Waals surface area contributed by atoms with Gasteiger partial charge in [0.2, 0.25) is 0 Å². The lowest BCUT2D eigenvalue weighted by atomic mass is 10.2. The van der Waals surface area contributed by atoms with Crippen LogP contribution in [-0.2, 0) is 6.54 Å². The molecule has 4 nitrogen and oxygen atoms in total. The van der Waals surface area contributed by atoms with Crippen LogP contribution in [-0.4, -0.2) is 16.3 Å². The monoisotopic (exact) mass is 258 g/mol. The molecular weight excluding hydrogens is 236 g/mol. The summed E-state index contributed by atoms with van der Waals surface area (Å²) in [6.45, 7) is 8.06. The summed E-state index contributed by atoms with van der Waals surface area (Å²) >= 11 is 0. The number of nitrogens with two attached hydrogens (primary N) is 1. The second-order valence-electron chi connectivity index (χ2n) is 5.00. The molecule has 0 aliphatic rings. The fourth-order valence-electron chi connectivity index (χ4n) is 2.18. The third-order valence-corrected chi connectivity index (χ3v) is 3.23. The summed E-state index contributed by atoms with van der Waals surface area (Å²) in [5.74, 6) is 0. The Morgan fingerprint density at radius 2 is 2.00 bits per heavy atom. The second kappa shape index (κ2) is 5.78. The average molecular weight is 258 g/mol. The van der Waals surface area contributed by atoms with E-state index in [1.807, 2.05) is 25.1 Å². The van der Waals surface area contributed by atoms with E-state index in [4.69, 9.17) is 5.73 Å². The highest BCUT2D eigenvalue weighted by molar-refractivity contribution is 5.59. The molecule has 0 aliphatic carbocycles. The van der Waals surface area contributed by atoms with Crippen LogP contribution in [0.5, 0.6) is 0 Å². The maximum atomic E-state index is 5.79. The fraction of sp³-hybridized carbons (Fsp3) is 0.400. The minimum atomic E-state index is 0.798. The number of nitrogens with one attached hydrogen (secondary N) is 1. The molecule has 2 rings (SSSR count). The van der Waals surface area contributed by atoms with Crippen LogP contribution in [0.15, 0.2) is 24.3 Å². The molecule has 0 aliphatic heterocycles. The zero-order valence-corrected chi connectivity index (χ0v) is 11.9. The predicted octanol–water partition coefficient (Wildman–Crippen LogP) is 2.89. The first-order chi connectivity index (χ1) is 9.06. The number of hydrogen-bond donors (Lipinski definition) is 2. The summed E-state index contributed by atoms with van der Waals surface area (Å²) in [5.41, 5.74) is 11.2. The zero-order valence-electron chi connectivity index (χ0n) is 11.9. The van der Waals surface area contributed by atoms with Gasteiger partial charge in [0.25, 0.3) is 0 Å². The molecule has 4 heteroatoms. The van der Waals surface area contributed by atoms with Gasteiger partial charge in [0.1, 0.15) is 0 Å². The zero-order chi connectivity index (χ0) is 13.8. The van der Waals surface area contributed by atoms with E-state index in [2.05, 4.69) is 35.0 Å². The number of aryl methyl sites for hydroxylation is 4. The van der Waals surface area contributed by atoms with Crippen LogP contribution in [0.25, 0.3) is 0 Å². The third kappa shape index (κ3) is 3.50. The number of aromatic nitrogens is 2. The fourth-order valence-corrected chi connectivity index (χ4v) is 2.18. The molecule has 0 amide bonds. The van der Waals surface area contributed by atoms with Crippen LogP contribution in [0.4, 0.5) is 11.4 Å². The van der Waals surface area contributed by atoms with Gasteiger partial charge in [-0.3, -0.25) is 4.68 Å². The number of nitrogens with zero attached hydrogens (tertiary/aromatic N) is 2. The molecule has 1 aromatic heterocycles. The molecule has 102 valence electrons. The predicted molar refractivity (Wildman–Crippen MR) is 80.4 cm³/mol. The Morgan fingerprint density at radius 1 is 1.21 bits per heavy atom. The van der Waals surface area contributed by atoms with Crippen LogP contribution in [0.2, 0.25) is 0 Å². The van der Waals surface area contributed by atoms with Crippen LogP contribution >= 0.6 is 0 Å². The van der Waals surface area contributed by atoms with Gasteiger partial charge in [-0.05, 0) is 51.0 Å². The van der Waals surface area contributed by atoms with Gasteiger partial charge in [-0.25, -0.2) is 0 Å². The maximum Gasteiger partial charge on any atom is 0.0596 e. The highest BCUT2D eigenvalue weighted by Crippen LogP contribution is 2.17. The van der Waals surface area contributed by atoms with Crippen LogP contribution in [0, 0.1) is 20.8 Å². The van der Waals surface area contributed by atoms with E-state index in [9.17, 15) is 0 Å². The molecule has 2 aromatic rings. The molecule has 3 N–H and O–H groups in total. The van der Waals surface area contributed by atoms with Crippen molar-refractivity contribution in [1.29, 1.82) is 0 Å². The Morgan fingerprint density at radius 3 is 2.68 bits per heavy atom. The van der Waals surface area contributed by atoms with Gasteiger partial charge in [-0.15, -0.1) is 0 Å². The first-order valence-corrected chi connectivity index (χ1v) is 6.67. The van der Waals surface area contributed by atoms with Gasteiger partial charge >= 0.3 is 0 Å². The molecule has 0 radical (unpaired) electrons. The van der Waals surface area contributed by atoms with Crippen molar-refractivity contribution in [3.63, 3.8) is 0 Å². The standard InChI is InChI=1S/C15H22N4/c1-11-5-6-14(16)10-15(11)17-7-4-8-19-13(3)9-12(2)18-19/h5-6,9-10,17H,4,7-8,16H2,1-3H3. The first-order valence-electron chi connectivity index (χ1n) is 6.67. The lowest BCUT2D eigenvalue weighted by molar-refractivity contribution is 0.573. The molecule has 0 bridgehead atoms. The van der Waals surface area contributed by atoms with Crippen LogP contribution in [0.1, 0.15) is 23.4 Å². The molecule has 0 spiro atoms. The van der Waals surface area contributed by atoms with Gasteiger partial charge in [-0.2, -0.15) is 5.10 Å². The average Bonchev–Trinajstić information content (AvgIpc) is 2.67. The van der Waals surface area contributed by atoms with Crippen molar-refractivity contribution in [2.45, 2.75) is 33.7 Å². The Labute approximate surface area is 114 Å². The Balaban J connectivity index is 1.84. The van der Waals surface area contributed by atoms with Crippen molar-refractivity contribution < 1.29 is 0 Å². The van der Waals surface area contributed by atoms with Crippen molar-refractivity contribution in [2.75, 3.05) is 17.6 Å². The lowest BCUT2D eigenvalue weighted by Gasteiger charge is -2.10. The molecule has 0 saturated heterocycles. The molecule has 0 fully saturated rings. The summed E-state index contributed by atoms with van der Waals surface area (Å²) in [5, 5.41) is 7.88. The third-order valence-electron chi connectivity index (χ3n) is 3.23. The molecule has 1 heterocycles. The molecule has 0 unspecified atom stereocenters.